The van der Waals surface area contributed by atoms with Gasteiger partial charge in [0.15, 0.2) is 0 Å². The molecule has 0 spiro atoms. The van der Waals surface area contributed by atoms with Gasteiger partial charge in [-0.1, -0.05) is 6.08 Å². The third-order valence-corrected chi connectivity index (χ3v) is 2.72. The first kappa shape index (κ1) is 10.1. The largest absolute Gasteiger partial charge is 0.374 e. The molecule has 2 unspecified atom stereocenters. The van der Waals surface area contributed by atoms with E-state index in [0.29, 0.717) is 0 Å². The Morgan fingerprint density at radius 1 is 1.33 bits per heavy atom. The minimum Gasteiger partial charge on any atom is -0.374 e. The molecular weight excluding hydrogens is 196 g/mol. The van der Waals surface area contributed by atoms with E-state index >= 15 is 0 Å². The molecule has 2 atom stereocenters. The fourth-order valence-corrected chi connectivity index (χ4v) is 1.70. The van der Waals surface area contributed by atoms with E-state index in [1.165, 1.54) is 11.0 Å². The maximum absolute atomic E-state index is 5.59. The van der Waals surface area contributed by atoms with E-state index in [0.717, 1.165) is 4.91 Å². The molecule has 68 valence electrons. The summed E-state index contributed by atoms with van der Waals surface area (Å²) in [5.74, 6) is 0. The lowest BCUT2D eigenvalue weighted by molar-refractivity contribution is 0.0138. The Hall–Kier alpha value is 0.0400. The van der Waals surface area contributed by atoms with Gasteiger partial charge in [-0.05, 0) is 33.8 Å². The quantitative estimate of drug-likeness (QED) is 0.707. The van der Waals surface area contributed by atoms with E-state index in [4.69, 9.17) is 20.2 Å². The Labute approximate surface area is 81.1 Å². The number of methoxy groups -OCH3 is 2. The van der Waals surface area contributed by atoms with Gasteiger partial charge >= 0.3 is 0 Å². The summed E-state index contributed by atoms with van der Waals surface area (Å²) >= 11 is 0. The van der Waals surface area contributed by atoms with Crippen LogP contribution in [0, 0.1) is 0 Å². The average Bonchev–Trinajstić information content (AvgIpc) is 2.16. The van der Waals surface area contributed by atoms with E-state index in [2.05, 4.69) is 0 Å². The maximum Gasteiger partial charge on any atom is 0.106 e. The highest BCUT2D eigenvalue weighted by Crippen LogP contribution is 2.27. The first-order valence-corrected chi connectivity index (χ1v) is 5.20. The second kappa shape index (κ2) is 4.92. The molecule has 0 heterocycles. The van der Waals surface area contributed by atoms with E-state index in [-0.39, 0.29) is 12.2 Å². The fourth-order valence-electron chi connectivity index (χ4n) is 1.08. The van der Waals surface area contributed by atoms with E-state index in [1.54, 1.807) is 14.2 Å². The van der Waals surface area contributed by atoms with Crippen LogP contribution in [0.1, 0.15) is 0 Å². The molecule has 2 nitrogen and oxygen atoms in total. The van der Waals surface area contributed by atoms with E-state index in [9.17, 15) is 0 Å². The second-order valence-corrected chi connectivity index (χ2v) is 3.49. The predicted octanol–water partition coefficient (Wildman–Crippen LogP) is 2.36. The lowest BCUT2D eigenvalue weighted by atomic mass is 10.1. The summed E-state index contributed by atoms with van der Waals surface area (Å²) in [6, 6.07) is 0. The van der Waals surface area contributed by atoms with Gasteiger partial charge in [0, 0.05) is 19.1 Å². The van der Waals surface area contributed by atoms with Crippen molar-refractivity contribution in [3.8, 4) is 0 Å². The van der Waals surface area contributed by atoms with Gasteiger partial charge in [0.25, 0.3) is 0 Å². The molecule has 1 aliphatic carbocycles. The first-order valence-electron chi connectivity index (χ1n) is 3.56. The van der Waals surface area contributed by atoms with E-state index < -0.39 is 0 Å². The molecule has 0 amide bonds. The molecule has 12 heavy (non-hydrogen) atoms. The monoisotopic (exact) mass is 206 g/mol. The van der Waals surface area contributed by atoms with Crippen molar-refractivity contribution in [2.24, 2.45) is 0 Å². The highest BCUT2D eigenvalue weighted by atomic mass is 35.7. The fraction of sp³-hybridized carbons (Fsp3) is 0.500. The summed E-state index contributed by atoms with van der Waals surface area (Å²) in [6.07, 6.45) is 5.80. The van der Waals surface area contributed by atoms with Crippen molar-refractivity contribution in [1.29, 1.82) is 0 Å². The van der Waals surface area contributed by atoms with Crippen molar-refractivity contribution in [1.82, 2.24) is 0 Å². The van der Waals surface area contributed by atoms with Crippen molar-refractivity contribution >= 4 is 21.7 Å². The molecule has 0 radical (unpaired) electrons. The summed E-state index contributed by atoms with van der Waals surface area (Å²) in [5, 5.41) is 0. The zero-order chi connectivity index (χ0) is 8.97. The van der Waals surface area contributed by atoms with Crippen LogP contribution in [0.4, 0.5) is 0 Å². The van der Waals surface area contributed by atoms with Crippen LogP contribution in [0.15, 0.2) is 23.1 Å². The number of allylic oxidation sites excluding steroid dienone is 1. The van der Waals surface area contributed by atoms with Crippen molar-refractivity contribution < 1.29 is 9.47 Å². The van der Waals surface area contributed by atoms with Crippen LogP contribution in [0.2, 0.25) is 0 Å². The topological polar surface area (TPSA) is 18.5 Å². The normalized spacial score (nSPS) is 28.8. The Balaban J connectivity index is 2.67. The molecule has 0 N–H and O–H groups in total. The molecule has 0 aromatic heterocycles. The molecule has 0 aromatic rings. The zero-order valence-corrected chi connectivity index (χ0v) is 8.56. The molecule has 0 fully saturated rings. The van der Waals surface area contributed by atoms with Gasteiger partial charge in [-0.3, -0.25) is 0 Å². The van der Waals surface area contributed by atoms with Crippen LogP contribution in [0.5, 0.6) is 0 Å². The molecule has 0 aliphatic heterocycles. The molecule has 1 rings (SSSR count). The number of halogens is 1. The van der Waals surface area contributed by atoms with Crippen LogP contribution in [-0.4, -0.2) is 26.4 Å². The Morgan fingerprint density at radius 3 is 2.50 bits per heavy atom. The molecule has 1 aliphatic rings. The molecule has 0 bridgehead atoms. The van der Waals surface area contributed by atoms with Crippen LogP contribution in [0.3, 0.4) is 0 Å². The maximum atomic E-state index is 5.59. The van der Waals surface area contributed by atoms with Gasteiger partial charge in [-0.2, -0.15) is 0 Å². The lowest BCUT2D eigenvalue weighted by Crippen LogP contribution is -2.28. The average molecular weight is 207 g/mol. The molecule has 4 heteroatoms. The van der Waals surface area contributed by atoms with Gasteiger partial charge in [-0.25, -0.2) is 0 Å². The number of hydrogen-bond donors (Lipinski definition) is 0. The van der Waals surface area contributed by atoms with Crippen molar-refractivity contribution in [3.63, 3.8) is 0 Å². The molecule has 0 saturated heterocycles. The van der Waals surface area contributed by atoms with Crippen LogP contribution in [0.25, 0.3) is 0 Å². The summed E-state index contributed by atoms with van der Waals surface area (Å²) < 4.78 is 10.4. The van der Waals surface area contributed by atoms with Crippen LogP contribution < -0.4 is 0 Å². The summed E-state index contributed by atoms with van der Waals surface area (Å²) in [7, 11) is 10.1. The number of rotatable bonds is 3. The lowest BCUT2D eigenvalue weighted by Gasteiger charge is -2.22. The summed E-state index contributed by atoms with van der Waals surface area (Å²) in [4.78, 5) is 0.997. The van der Waals surface area contributed by atoms with Gasteiger partial charge in [0.05, 0.1) is 0 Å². The smallest absolute Gasteiger partial charge is 0.106 e. The van der Waals surface area contributed by atoms with Crippen LogP contribution in [-0.2, 0) is 9.47 Å². The van der Waals surface area contributed by atoms with Crippen molar-refractivity contribution in [2.75, 3.05) is 14.2 Å². The molecule has 0 aromatic carbocycles. The van der Waals surface area contributed by atoms with Gasteiger partial charge < -0.3 is 9.47 Å². The van der Waals surface area contributed by atoms with Gasteiger partial charge in [-0.15, -0.1) is 0 Å². The predicted molar refractivity (Wildman–Crippen MR) is 52.3 cm³/mol. The number of hydrogen-bond acceptors (Lipinski definition) is 3. The molecular formula is C8H11ClO2S. The van der Waals surface area contributed by atoms with Gasteiger partial charge in [0.1, 0.15) is 12.2 Å². The Kier molecular flexibility index (Phi) is 4.15. The van der Waals surface area contributed by atoms with Crippen molar-refractivity contribution in [3.05, 3.63) is 23.1 Å². The third-order valence-electron chi connectivity index (χ3n) is 1.74. The number of ether oxygens (including phenoxy) is 2. The highest BCUT2D eigenvalue weighted by Gasteiger charge is 2.19. The molecule has 0 saturated carbocycles. The first-order chi connectivity index (χ1) is 5.81. The summed E-state index contributed by atoms with van der Waals surface area (Å²) in [5.41, 5.74) is 0. The van der Waals surface area contributed by atoms with Crippen molar-refractivity contribution in [2.45, 2.75) is 12.2 Å². The second-order valence-electron chi connectivity index (χ2n) is 2.41. The standard InChI is InChI=1S/C8H11ClO2S/c1-10-7-4-3-6(12-9)5-8(7)11-2/h3-5,7-8H,1-2H3. The zero-order valence-electron chi connectivity index (χ0n) is 6.99. The Bertz CT molecular complexity index is 203. The SMILES string of the molecule is COC1C=CC(SCl)=CC1OC. The van der Waals surface area contributed by atoms with E-state index in [1.807, 2.05) is 18.2 Å². The Morgan fingerprint density at radius 2 is 2.00 bits per heavy atom. The van der Waals surface area contributed by atoms with Crippen LogP contribution >= 0.6 is 21.7 Å². The van der Waals surface area contributed by atoms with Gasteiger partial charge in [0.2, 0.25) is 0 Å². The highest BCUT2D eigenvalue weighted by molar-refractivity contribution is 8.24. The third kappa shape index (κ3) is 2.26. The minimum absolute atomic E-state index is 0.00238. The minimum atomic E-state index is -0.0266. The summed E-state index contributed by atoms with van der Waals surface area (Å²) in [6.45, 7) is 0.